The van der Waals surface area contributed by atoms with Crippen LogP contribution >= 0.6 is 0 Å². The van der Waals surface area contributed by atoms with Crippen molar-refractivity contribution in [2.45, 2.75) is 25.3 Å². The van der Waals surface area contributed by atoms with E-state index in [1.54, 1.807) is 19.5 Å². The summed E-state index contributed by atoms with van der Waals surface area (Å²) in [4.78, 5) is 22.1. The molecule has 6 heteroatoms. The van der Waals surface area contributed by atoms with Crippen molar-refractivity contribution in [3.63, 3.8) is 0 Å². The monoisotopic (exact) mass is 251 g/mol. The molecule has 1 atom stereocenters. The van der Waals surface area contributed by atoms with Crippen LogP contribution in [0.5, 0.6) is 5.88 Å². The fourth-order valence-electron chi connectivity index (χ4n) is 2.16. The molecule has 0 aliphatic carbocycles. The van der Waals surface area contributed by atoms with Gasteiger partial charge in [-0.15, -0.1) is 0 Å². The molecule has 1 fully saturated rings. The number of methoxy groups -OCH3 is 2. The minimum absolute atomic E-state index is 0.223. The Morgan fingerprint density at radius 2 is 2.22 bits per heavy atom. The first-order chi connectivity index (χ1) is 8.76. The van der Waals surface area contributed by atoms with Gasteiger partial charge in [0, 0.05) is 6.54 Å². The second kappa shape index (κ2) is 5.66. The summed E-state index contributed by atoms with van der Waals surface area (Å²) in [6.45, 7) is 0.779. The molecule has 0 aromatic carbocycles. The number of aromatic nitrogens is 2. The molecule has 1 aromatic rings. The summed E-state index contributed by atoms with van der Waals surface area (Å²) in [6, 6.07) is -0.273. The molecule has 18 heavy (non-hydrogen) atoms. The average molecular weight is 251 g/mol. The van der Waals surface area contributed by atoms with E-state index in [-0.39, 0.29) is 12.0 Å². The van der Waals surface area contributed by atoms with E-state index < -0.39 is 0 Å². The third-order valence-electron chi connectivity index (χ3n) is 3.08. The summed E-state index contributed by atoms with van der Waals surface area (Å²) in [5, 5.41) is 0. The molecule has 0 amide bonds. The maximum Gasteiger partial charge on any atom is 0.328 e. The maximum absolute atomic E-state index is 11.8. The molecule has 1 unspecified atom stereocenters. The molecule has 1 aromatic heterocycles. The second-order valence-corrected chi connectivity index (χ2v) is 4.15. The molecular weight excluding hydrogens is 234 g/mol. The zero-order chi connectivity index (χ0) is 13.0. The first-order valence-corrected chi connectivity index (χ1v) is 5.96. The summed E-state index contributed by atoms with van der Waals surface area (Å²) in [6.07, 6.45) is 6.02. The smallest absolute Gasteiger partial charge is 0.328 e. The molecule has 0 saturated carbocycles. The van der Waals surface area contributed by atoms with E-state index in [4.69, 9.17) is 9.47 Å². The molecule has 1 saturated heterocycles. The lowest BCUT2D eigenvalue weighted by molar-refractivity contribution is -0.142. The zero-order valence-electron chi connectivity index (χ0n) is 10.6. The highest BCUT2D eigenvalue weighted by atomic mass is 16.5. The average Bonchev–Trinajstić information content (AvgIpc) is 2.46. The fraction of sp³-hybridized carbons (Fsp3) is 0.583. The lowest BCUT2D eigenvalue weighted by Crippen LogP contribution is -2.45. The van der Waals surface area contributed by atoms with Crippen LogP contribution in [-0.4, -0.2) is 42.7 Å². The Bertz CT molecular complexity index is 425. The number of rotatable bonds is 3. The highest BCUT2D eigenvalue weighted by molar-refractivity contribution is 5.79. The van der Waals surface area contributed by atoms with Crippen LogP contribution in [0.1, 0.15) is 19.3 Å². The van der Waals surface area contributed by atoms with E-state index in [9.17, 15) is 4.79 Å². The molecule has 2 rings (SSSR count). The van der Waals surface area contributed by atoms with Gasteiger partial charge in [-0.2, -0.15) is 4.98 Å². The predicted molar refractivity (Wildman–Crippen MR) is 65.6 cm³/mol. The quantitative estimate of drug-likeness (QED) is 0.747. The Kier molecular flexibility index (Phi) is 3.96. The van der Waals surface area contributed by atoms with E-state index in [0.29, 0.717) is 11.7 Å². The molecule has 6 nitrogen and oxygen atoms in total. The summed E-state index contributed by atoms with van der Waals surface area (Å²) >= 11 is 0. The third kappa shape index (κ3) is 2.52. The van der Waals surface area contributed by atoms with Crippen LogP contribution < -0.4 is 9.64 Å². The van der Waals surface area contributed by atoms with E-state index in [0.717, 1.165) is 25.8 Å². The van der Waals surface area contributed by atoms with E-state index in [1.807, 2.05) is 4.90 Å². The van der Waals surface area contributed by atoms with Gasteiger partial charge in [-0.25, -0.2) is 4.79 Å². The Labute approximate surface area is 106 Å². The van der Waals surface area contributed by atoms with Crippen molar-refractivity contribution >= 4 is 11.8 Å². The van der Waals surface area contributed by atoms with Gasteiger partial charge in [0.15, 0.2) is 5.82 Å². The summed E-state index contributed by atoms with van der Waals surface area (Å²) in [5.74, 6) is 0.880. The first-order valence-electron chi connectivity index (χ1n) is 5.96. The topological polar surface area (TPSA) is 64.5 Å². The number of carbonyl (C=O) groups excluding carboxylic acids is 1. The number of ether oxygens (including phenoxy) is 2. The zero-order valence-corrected chi connectivity index (χ0v) is 10.6. The van der Waals surface area contributed by atoms with Gasteiger partial charge < -0.3 is 14.4 Å². The van der Waals surface area contributed by atoms with Crippen LogP contribution in [0, 0.1) is 0 Å². The van der Waals surface area contributed by atoms with E-state index >= 15 is 0 Å². The van der Waals surface area contributed by atoms with Gasteiger partial charge in [-0.3, -0.25) is 4.98 Å². The molecule has 0 N–H and O–H groups in total. The number of hydrogen-bond donors (Lipinski definition) is 0. The van der Waals surface area contributed by atoms with Crippen molar-refractivity contribution in [2.24, 2.45) is 0 Å². The van der Waals surface area contributed by atoms with E-state index in [2.05, 4.69) is 9.97 Å². The van der Waals surface area contributed by atoms with E-state index in [1.165, 1.54) is 7.11 Å². The highest BCUT2D eigenvalue weighted by Gasteiger charge is 2.30. The fourth-order valence-corrected chi connectivity index (χ4v) is 2.16. The van der Waals surface area contributed by atoms with Gasteiger partial charge in [0.1, 0.15) is 6.04 Å². The molecule has 1 aliphatic rings. The van der Waals surface area contributed by atoms with Crippen molar-refractivity contribution in [2.75, 3.05) is 25.7 Å². The SMILES string of the molecule is COC(=O)C1CCCCN1c1cncc(OC)n1. The number of hydrogen-bond acceptors (Lipinski definition) is 6. The minimum Gasteiger partial charge on any atom is -0.480 e. The third-order valence-corrected chi connectivity index (χ3v) is 3.08. The Morgan fingerprint density at radius 3 is 2.94 bits per heavy atom. The summed E-state index contributed by atoms with van der Waals surface area (Å²) in [7, 11) is 2.95. The van der Waals surface area contributed by atoms with Crippen LogP contribution in [0.4, 0.5) is 5.82 Å². The van der Waals surface area contributed by atoms with Crippen molar-refractivity contribution in [1.29, 1.82) is 0 Å². The van der Waals surface area contributed by atoms with Crippen molar-refractivity contribution in [1.82, 2.24) is 9.97 Å². The van der Waals surface area contributed by atoms with Crippen LogP contribution in [-0.2, 0) is 9.53 Å². The summed E-state index contributed by atoms with van der Waals surface area (Å²) < 4.78 is 9.89. The first kappa shape index (κ1) is 12.6. The predicted octanol–water partition coefficient (Wildman–Crippen LogP) is 1.02. The Morgan fingerprint density at radius 1 is 1.39 bits per heavy atom. The highest BCUT2D eigenvalue weighted by Crippen LogP contribution is 2.24. The molecule has 1 aliphatic heterocycles. The molecule has 0 spiro atoms. The molecule has 2 heterocycles. The van der Waals surface area contributed by atoms with Gasteiger partial charge in [0.05, 0.1) is 26.6 Å². The van der Waals surface area contributed by atoms with Crippen LogP contribution in [0.25, 0.3) is 0 Å². The standard InChI is InChI=1S/C12H17N3O3/c1-17-11-8-13-7-10(14-11)15-6-4-3-5-9(15)12(16)18-2/h7-9H,3-6H2,1-2H3. The Hall–Kier alpha value is -1.85. The van der Waals surface area contributed by atoms with Crippen molar-refractivity contribution < 1.29 is 14.3 Å². The molecule has 98 valence electrons. The number of esters is 1. The van der Waals surface area contributed by atoms with Crippen LogP contribution in [0.2, 0.25) is 0 Å². The van der Waals surface area contributed by atoms with Gasteiger partial charge in [-0.05, 0) is 19.3 Å². The number of nitrogens with zero attached hydrogens (tertiary/aromatic N) is 3. The van der Waals surface area contributed by atoms with Crippen LogP contribution in [0.15, 0.2) is 12.4 Å². The molecule has 0 bridgehead atoms. The van der Waals surface area contributed by atoms with Crippen molar-refractivity contribution in [3.8, 4) is 5.88 Å². The normalized spacial score (nSPS) is 19.4. The van der Waals surface area contributed by atoms with Gasteiger partial charge in [0.2, 0.25) is 5.88 Å². The van der Waals surface area contributed by atoms with Crippen molar-refractivity contribution in [3.05, 3.63) is 12.4 Å². The second-order valence-electron chi connectivity index (χ2n) is 4.15. The Balaban J connectivity index is 2.24. The number of anilines is 1. The minimum atomic E-state index is -0.273. The summed E-state index contributed by atoms with van der Waals surface area (Å²) in [5.41, 5.74) is 0. The lowest BCUT2D eigenvalue weighted by Gasteiger charge is -2.34. The largest absolute Gasteiger partial charge is 0.480 e. The van der Waals surface area contributed by atoms with Gasteiger partial charge in [-0.1, -0.05) is 0 Å². The number of carbonyl (C=O) groups is 1. The lowest BCUT2D eigenvalue weighted by atomic mass is 10.0. The maximum atomic E-state index is 11.8. The molecular formula is C12H17N3O3. The molecule has 0 radical (unpaired) electrons. The van der Waals surface area contributed by atoms with Gasteiger partial charge in [0.25, 0.3) is 0 Å². The number of piperidine rings is 1. The van der Waals surface area contributed by atoms with Crippen LogP contribution in [0.3, 0.4) is 0 Å². The van der Waals surface area contributed by atoms with Gasteiger partial charge >= 0.3 is 5.97 Å².